The van der Waals surface area contributed by atoms with Crippen molar-refractivity contribution in [2.75, 3.05) is 33.0 Å². The quantitative estimate of drug-likeness (QED) is 0.0172. The van der Waals surface area contributed by atoms with E-state index in [-0.39, 0.29) is 25.6 Å². The molecule has 0 aromatic rings. The Morgan fingerprint density at radius 2 is 0.915 bits per heavy atom. The zero-order chi connectivity index (χ0) is 51.6. The first-order valence-corrected chi connectivity index (χ1v) is 27.9. The molecule has 2 saturated heterocycles. The molecule has 0 aromatic heterocycles. The van der Waals surface area contributed by atoms with Gasteiger partial charge in [-0.15, -0.1) is 0 Å². The fraction of sp³-hybridized carbons (Fsp3) is 0.807. The van der Waals surface area contributed by atoms with Crippen LogP contribution in [0.4, 0.5) is 0 Å². The van der Waals surface area contributed by atoms with Gasteiger partial charge in [0.2, 0.25) is 0 Å². The summed E-state index contributed by atoms with van der Waals surface area (Å²) in [7, 11) is 0. The number of aliphatic hydroxyl groups is 7. The molecule has 2 aliphatic rings. The summed E-state index contributed by atoms with van der Waals surface area (Å²) < 4.78 is 34.3. The molecule has 2 heterocycles. The second-order valence-corrected chi connectivity index (χ2v) is 19.4. The molecule has 0 radical (unpaired) electrons. The average molecular weight is 1010 g/mol. The molecule has 7 N–H and O–H groups in total. The third kappa shape index (κ3) is 31.2. The fourth-order valence-corrected chi connectivity index (χ4v) is 8.51. The topological polar surface area (TPSA) is 214 Å². The van der Waals surface area contributed by atoms with Crippen molar-refractivity contribution in [3.8, 4) is 0 Å². The maximum Gasteiger partial charge on any atom is 0.306 e. The van der Waals surface area contributed by atoms with E-state index >= 15 is 0 Å². The summed E-state index contributed by atoms with van der Waals surface area (Å²) in [6.07, 6.45) is 37.0. The van der Waals surface area contributed by atoms with Gasteiger partial charge in [0.25, 0.3) is 0 Å². The molecule has 2 aliphatic heterocycles. The summed E-state index contributed by atoms with van der Waals surface area (Å²) >= 11 is 0. The van der Waals surface area contributed by atoms with Crippen molar-refractivity contribution in [1.29, 1.82) is 0 Å². The van der Waals surface area contributed by atoms with Crippen LogP contribution in [0.2, 0.25) is 0 Å². The van der Waals surface area contributed by atoms with Crippen molar-refractivity contribution in [2.24, 2.45) is 0 Å². The van der Waals surface area contributed by atoms with Crippen LogP contribution in [0.1, 0.15) is 194 Å². The van der Waals surface area contributed by atoms with E-state index in [0.717, 1.165) is 77.0 Å². The molecule has 2 rings (SSSR count). The number of hydrogen-bond acceptors (Lipinski definition) is 14. The predicted molar refractivity (Wildman–Crippen MR) is 279 cm³/mol. The minimum absolute atomic E-state index is 0.0523. The highest BCUT2D eigenvalue weighted by Crippen LogP contribution is 2.26. The summed E-state index contributed by atoms with van der Waals surface area (Å²) in [5, 5.41) is 72.3. The van der Waals surface area contributed by atoms with Crippen molar-refractivity contribution < 1.29 is 69.0 Å². The standard InChI is InChI=1S/C57H100O14/c1-3-5-7-9-11-13-15-17-19-21-22-23-24-25-26-28-30-32-34-36-38-40-49(59)69-46(43-66-41-39-37-35-33-31-29-27-20-18-16-14-12-10-8-6-4-2)44-67-56-55(65)53(63)51(61)48(71-56)45-68-57-54(64)52(62)50(60)47(42-58)70-57/h5,7,11,13,17-20,22-23,46-48,50-58,60-65H,3-4,6,8-10,12,14-16,21,24-45H2,1-2H3/b7-5-,13-11-,19-17-,20-18-,23-22-. The van der Waals surface area contributed by atoms with Gasteiger partial charge in [0.1, 0.15) is 54.9 Å². The van der Waals surface area contributed by atoms with Gasteiger partial charge >= 0.3 is 5.97 Å². The zero-order valence-corrected chi connectivity index (χ0v) is 43.9. The minimum atomic E-state index is -1.71. The Kier molecular flexibility index (Phi) is 40.2. The molecule has 2 fully saturated rings. The lowest BCUT2D eigenvalue weighted by Crippen LogP contribution is -2.61. The van der Waals surface area contributed by atoms with E-state index in [9.17, 15) is 40.5 Å². The van der Waals surface area contributed by atoms with Crippen molar-refractivity contribution in [3.63, 3.8) is 0 Å². The Morgan fingerprint density at radius 1 is 0.479 bits per heavy atom. The number of esters is 1. The number of aliphatic hydroxyl groups excluding tert-OH is 7. The van der Waals surface area contributed by atoms with Gasteiger partial charge in [-0.1, -0.05) is 171 Å². The molecular formula is C57H100O14. The first-order valence-electron chi connectivity index (χ1n) is 27.9. The molecule has 0 amide bonds. The number of allylic oxidation sites excluding steroid dienone is 10. The van der Waals surface area contributed by atoms with Crippen molar-refractivity contribution in [3.05, 3.63) is 60.8 Å². The molecule has 0 bridgehead atoms. The number of hydrogen-bond donors (Lipinski definition) is 7. The van der Waals surface area contributed by atoms with Crippen LogP contribution in [0, 0.1) is 0 Å². The van der Waals surface area contributed by atoms with Gasteiger partial charge in [-0.25, -0.2) is 0 Å². The monoisotopic (exact) mass is 1010 g/mol. The van der Waals surface area contributed by atoms with E-state index in [0.29, 0.717) is 13.0 Å². The van der Waals surface area contributed by atoms with Gasteiger partial charge in [-0.05, 0) is 77.0 Å². The highest BCUT2D eigenvalue weighted by Gasteiger charge is 2.47. The van der Waals surface area contributed by atoms with Crippen LogP contribution in [0.25, 0.3) is 0 Å². The van der Waals surface area contributed by atoms with Crippen LogP contribution in [0.3, 0.4) is 0 Å². The number of unbranched alkanes of at least 4 members (excludes halogenated alkanes) is 20. The van der Waals surface area contributed by atoms with Crippen LogP contribution in [-0.4, -0.2) is 142 Å². The van der Waals surface area contributed by atoms with Crippen LogP contribution < -0.4 is 0 Å². The maximum atomic E-state index is 13.1. The van der Waals surface area contributed by atoms with Gasteiger partial charge in [0, 0.05) is 13.0 Å². The lowest BCUT2D eigenvalue weighted by Gasteiger charge is -2.42. The molecule has 0 aliphatic carbocycles. The summed E-state index contributed by atoms with van der Waals surface area (Å²) in [4.78, 5) is 13.1. The Balaban J connectivity index is 1.74. The lowest BCUT2D eigenvalue weighted by atomic mass is 9.98. The van der Waals surface area contributed by atoms with E-state index in [2.05, 4.69) is 74.6 Å². The molecule has 11 unspecified atom stereocenters. The summed E-state index contributed by atoms with van der Waals surface area (Å²) in [6, 6.07) is 0. The molecule has 0 spiro atoms. The normalized spacial score (nSPS) is 25.8. The third-order valence-electron chi connectivity index (χ3n) is 13.0. The lowest BCUT2D eigenvalue weighted by molar-refractivity contribution is -0.332. The molecule has 71 heavy (non-hydrogen) atoms. The first-order chi connectivity index (χ1) is 34.6. The molecule has 14 nitrogen and oxygen atoms in total. The fourth-order valence-electron chi connectivity index (χ4n) is 8.51. The summed E-state index contributed by atoms with van der Waals surface area (Å²) in [5.74, 6) is -0.387. The van der Waals surface area contributed by atoms with Crippen molar-refractivity contribution in [1.82, 2.24) is 0 Å². The van der Waals surface area contributed by atoms with E-state index in [4.69, 9.17) is 28.4 Å². The third-order valence-corrected chi connectivity index (χ3v) is 13.0. The Morgan fingerprint density at radius 3 is 1.45 bits per heavy atom. The maximum absolute atomic E-state index is 13.1. The molecule has 412 valence electrons. The second-order valence-electron chi connectivity index (χ2n) is 19.4. The molecule has 14 heteroatoms. The van der Waals surface area contributed by atoms with Gasteiger partial charge in [-0.2, -0.15) is 0 Å². The highest BCUT2D eigenvalue weighted by molar-refractivity contribution is 5.69. The number of rotatable bonds is 44. The molecule has 0 saturated carbocycles. The van der Waals surface area contributed by atoms with Gasteiger partial charge in [-0.3, -0.25) is 4.79 Å². The molecular weight excluding hydrogens is 909 g/mol. The van der Waals surface area contributed by atoms with E-state index in [1.807, 2.05) is 0 Å². The van der Waals surface area contributed by atoms with Gasteiger partial charge < -0.3 is 64.2 Å². The number of carbonyl (C=O) groups excluding carboxylic acids is 1. The Labute approximate surface area is 428 Å². The smallest absolute Gasteiger partial charge is 0.306 e. The SMILES string of the molecule is CC/C=C\C/C=C\C/C=C\C/C=C\CCCCCCCCCCC(=O)OC(COCCCCCCCC/C=C\CCCCCCCC)COC1OC(COC2OC(CO)C(O)C(O)C2O)C(O)C(O)C1O. The average Bonchev–Trinajstić information content (AvgIpc) is 3.37. The summed E-state index contributed by atoms with van der Waals surface area (Å²) in [5.41, 5.74) is 0. The van der Waals surface area contributed by atoms with Crippen molar-refractivity contribution >= 4 is 5.97 Å². The van der Waals surface area contributed by atoms with E-state index < -0.39 is 80.7 Å². The Bertz CT molecular complexity index is 1400. The molecule has 0 aromatic carbocycles. The zero-order valence-electron chi connectivity index (χ0n) is 43.9. The van der Waals surface area contributed by atoms with Crippen LogP contribution in [0.15, 0.2) is 60.8 Å². The van der Waals surface area contributed by atoms with Gasteiger partial charge in [0.05, 0.1) is 26.4 Å². The predicted octanol–water partition coefficient (Wildman–Crippen LogP) is 9.30. The second kappa shape index (κ2) is 44.0. The molecule has 11 atom stereocenters. The first kappa shape index (κ1) is 64.8. The van der Waals surface area contributed by atoms with Crippen LogP contribution in [0.5, 0.6) is 0 Å². The van der Waals surface area contributed by atoms with Crippen molar-refractivity contribution in [2.45, 2.75) is 261 Å². The van der Waals surface area contributed by atoms with Crippen LogP contribution >= 0.6 is 0 Å². The van der Waals surface area contributed by atoms with E-state index in [1.165, 1.54) is 89.9 Å². The largest absolute Gasteiger partial charge is 0.457 e. The Hall–Kier alpha value is -2.31. The minimum Gasteiger partial charge on any atom is -0.457 e. The number of carbonyl (C=O) groups is 1. The van der Waals surface area contributed by atoms with Gasteiger partial charge in [0.15, 0.2) is 12.6 Å². The summed E-state index contributed by atoms with van der Waals surface area (Å²) in [6.45, 7) is 3.55. The highest BCUT2D eigenvalue weighted by atomic mass is 16.7. The van der Waals surface area contributed by atoms with E-state index in [1.54, 1.807) is 0 Å². The number of ether oxygens (including phenoxy) is 6. The van der Waals surface area contributed by atoms with Crippen LogP contribution in [-0.2, 0) is 33.2 Å².